The monoisotopic (exact) mass is 398 g/mol. The van der Waals surface area contributed by atoms with E-state index in [1.807, 2.05) is 59.3 Å². The predicted molar refractivity (Wildman–Crippen MR) is 109 cm³/mol. The minimum atomic E-state index is -0.273. The lowest BCUT2D eigenvalue weighted by molar-refractivity contribution is -0.139. The molecule has 3 rings (SSSR count). The third-order valence-corrected chi connectivity index (χ3v) is 4.94. The van der Waals surface area contributed by atoms with Crippen LogP contribution in [0.1, 0.15) is 6.92 Å². The molecule has 0 atom stereocenters. The minimum Gasteiger partial charge on any atom is -0.497 e. The average Bonchev–Trinajstić information content (AvgIpc) is 3.16. The molecule has 0 aliphatic carbocycles. The average molecular weight is 398 g/mol. The number of methoxy groups -OCH3 is 2. The molecule has 0 amide bonds. The number of nitrogens with zero attached hydrogens (tertiary/aromatic N) is 2. The second-order valence-corrected chi connectivity index (χ2v) is 6.72. The van der Waals surface area contributed by atoms with Gasteiger partial charge in [-0.1, -0.05) is 42.1 Å². The molecule has 0 spiro atoms. The molecular weight excluding hydrogens is 376 g/mol. The van der Waals surface area contributed by atoms with Gasteiger partial charge in [-0.25, -0.2) is 4.98 Å². The lowest BCUT2D eigenvalue weighted by Crippen LogP contribution is -2.08. The Hall–Kier alpha value is -2.93. The first-order valence-corrected chi connectivity index (χ1v) is 9.80. The summed E-state index contributed by atoms with van der Waals surface area (Å²) in [5.74, 6) is 1.25. The van der Waals surface area contributed by atoms with E-state index >= 15 is 0 Å². The number of benzene rings is 2. The van der Waals surface area contributed by atoms with Gasteiger partial charge in [-0.3, -0.25) is 9.36 Å². The summed E-state index contributed by atoms with van der Waals surface area (Å²) in [6.45, 7) is 2.15. The van der Waals surface area contributed by atoms with Crippen molar-refractivity contribution >= 4 is 17.7 Å². The van der Waals surface area contributed by atoms with Gasteiger partial charge < -0.3 is 14.2 Å². The Morgan fingerprint density at radius 1 is 1.11 bits per heavy atom. The molecule has 0 saturated heterocycles. The molecule has 0 fully saturated rings. The van der Waals surface area contributed by atoms with Crippen molar-refractivity contribution in [2.75, 3.05) is 26.6 Å². The summed E-state index contributed by atoms with van der Waals surface area (Å²) < 4.78 is 17.8. The smallest absolute Gasteiger partial charge is 0.316 e. The fraction of sp³-hybridized carbons (Fsp3) is 0.238. The Kier molecular flexibility index (Phi) is 6.60. The number of carbonyl (C=O) groups is 1. The van der Waals surface area contributed by atoms with Gasteiger partial charge in [-0.2, -0.15) is 0 Å². The van der Waals surface area contributed by atoms with Crippen LogP contribution in [-0.2, 0) is 9.53 Å². The highest BCUT2D eigenvalue weighted by atomic mass is 32.2. The van der Waals surface area contributed by atoms with Crippen LogP contribution in [0.5, 0.6) is 11.5 Å². The van der Waals surface area contributed by atoms with Crippen molar-refractivity contribution in [2.24, 2.45) is 0 Å². The molecule has 0 radical (unpaired) electrons. The van der Waals surface area contributed by atoms with Crippen LogP contribution in [0.15, 0.2) is 59.9 Å². The molecule has 2 aromatic carbocycles. The van der Waals surface area contributed by atoms with Crippen molar-refractivity contribution in [1.82, 2.24) is 9.55 Å². The van der Waals surface area contributed by atoms with Crippen LogP contribution in [-0.4, -0.2) is 42.1 Å². The second-order valence-electron chi connectivity index (χ2n) is 5.78. The molecule has 1 aromatic heterocycles. The van der Waals surface area contributed by atoms with Crippen LogP contribution >= 0.6 is 11.8 Å². The number of ether oxygens (including phenoxy) is 3. The highest BCUT2D eigenvalue weighted by Gasteiger charge is 2.17. The molecule has 0 bridgehead atoms. The summed E-state index contributed by atoms with van der Waals surface area (Å²) in [4.78, 5) is 16.6. The zero-order valence-electron chi connectivity index (χ0n) is 16.0. The fourth-order valence-electron chi connectivity index (χ4n) is 2.70. The molecule has 0 N–H and O–H groups in total. The van der Waals surface area contributed by atoms with Gasteiger partial charge in [-0.15, -0.1) is 0 Å². The van der Waals surface area contributed by atoms with Crippen molar-refractivity contribution in [1.29, 1.82) is 0 Å². The third kappa shape index (κ3) is 4.48. The van der Waals surface area contributed by atoms with E-state index in [0.29, 0.717) is 23.3 Å². The van der Waals surface area contributed by atoms with E-state index in [-0.39, 0.29) is 11.7 Å². The Labute approximate surface area is 168 Å². The molecule has 0 saturated carbocycles. The van der Waals surface area contributed by atoms with E-state index < -0.39 is 0 Å². The van der Waals surface area contributed by atoms with E-state index in [2.05, 4.69) is 0 Å². The number of imidazole rings is 1. The first-order valence-electron chi connectivity index (χ1n) is 8.82. The Morgan fingerprint density at radius 2 is 1.89 bits per heavy atom. The molecule has 0 unspecified atom stereocenters. The Morgan fingerprint density at radius 3 is 2.57 bits per heavy atom. The van der Waals surface area contributed by atoms with E-state index in [4.69, 9.17) is 19.2 Å². The van der Waals surface area contributed by atoms with Crippen LogP contribution in [0, 0.1) is 0 Å². The van der Waals surface area contributed by atoms with Gasteiger partial charge in [0.1, 0.15) is 11.5 Å². The summed E-state index contributed by atoms with van der Waals surface area (Å²) in [5, 5.41) is 0.676. The van der Waals surface area contributed by atoms with Crippen LogP contribution in [0.3, 0.4) is 0 Å². The maximum Gasteiger partial charge on any atom is 0.316 e. The lowest BCUT2D eigenvalue weighted by atomic mass is 10.2. The largest absolute Gasteiger partial charge is 0.497 e. The molecular formula is C21H22N2O4S. The van der Waals surface area contributed by atoms with Gasteiger partial charge in [0.15, 0.2) is 5.16 Å². The van der Waals surface area contributed by atoms with Gasteiger partial charge in [0.05, 0.1) is 38.0 Å². The van der Waals surface area contributed by atoms with E-state index in [1.165, 1.54) is 11.8 Å². The van der Waals surface area contributed by atoms with Crippen LogP contribution in [0.4, 0.5) is 0 Å². The van der Waals surface area contributed by atoms with Crippen molar-refractivity contribution in [3.8, 4) is 28.4 Å². The number of aromatic nitrogens is 2. The number of hydrogen-bond acceptors (Lipinski definition) is 6. The number of esters is 1. The first-order chi connectivity index (χ1) is 13.7. The van der Waals surface area contributed by atoms with E-state index in [9.17, 15) is 4.79 Å². The maximum absolute atomic E-state index is 11.8. The van der Waals surface area contributed by atoms with Crippen molar-refractivity contribution < 1.29 is 19.0 Å². The fourth-order valence-corrected chi connectivity index (χ4v) is 3.48. The SMILES string of the molecule is CCOC(=O)CSc1nc(-c2ccccc2)cn1-c1ccc(OC)cc1OC. The summed E-state index contributed by atoms with van der Waals surface area (Å²) in [7, 11) is 3.22. The van der Waals surface area contributed by atoms with Gasteiger partial charge in [0, 0.05) is 17.8 Å². The molecule has 1 heterocycles. The highest BCUT2D eigenvalue weighted by Crippen LogP contribution is 2.33. The van der Waals surface area contributed by atoms with E-state index in [0.717, 1.165) is 16.9 Å². The van der Waals surface area contributed by atoms with Crippen molar-refractivity contribution in [2.45, 2.75) is 12.1 Å². The molecule has 0 aliphatic rings. The van der Waals surface area contributed by atoms with Gasteiger partial charge in [-0.05, 0) is 19.1 Å². The number of carbonyl (C=O) groups excluding carboxylic acids is 1. The molecule has 28 heavy (non-hydrogen) atoms. The lowest BCUT2D eigenvalue weighted by Gasteiger charge is -2.13. The normalized spacial score (nSPS) is 10.5. The molecule has 0 aliphatic heterocycles. The highest BCUT2D eigenvalue weighted by molar-refractivity contribution is 7.99. The van der Waals surface area contributed by atoms with E-state index in [1.54, 1.807) is 21.1 Å². The summed E-state index contributed by atoms with van der Waals surface area (Å²) in [5.41, 5.74) is 2.61. The molecule has 3 aromatic rings. The summed E-state index contributed by atoms with van der Waals surface area (Å²) in [6, 6.07) is 15.5. The maximum atomic E-state index is 11.8. The van der Waals surface area contributed by atoms with Gasteiger partial charge in [0.25, 0.3) is 0 Å². The quantitative estimate of drug-likeness (QED) is 0.418. The standard InChI is InChI=1S/C21H22N2O4S/c1-4-27-20(24)14-28-21-22-17(15-8-6-5-7-9-15)13-23(21)18-11-10-16(25-2)12-19(18)26-3/h5-13H,4,14H2,1-3H3. The summed E-state index contributed by atoms with van der Waals surface area (Å²) in [6.07, 6.45) is 1.94. The van der Waals surface area contributed by atoms with Crippen molar-refractivity contribution in [3.63, 3.8) is 0 Å². The van der Waals surface area contributed by atoms with Crippen molar-refractivity contribution in [3.05, 3.63) is 54.7 Å². The Balaban J connectivity index is 2.03. The first kappa shape index (κ1) is 19.8. The number of thioether (sulfide) groups is 1. The molecule has 146 valence electrons. The number of rotatable bonds is 8. The van der Waals surface area contributed by atoms with Gasteiger partial charge in [0.2, 0.25) is 0 Å². The van der Waals surface area contributed by atoms with Gasteiger partial charge >= 0.3 is 5.97 Å². The van der Waals surface area contributed by atoms with Crippen LogP contribution in [0.2, 0.25) is 0 Å². The number of hydrogen-bond donors (Lipinski definition) is 0. The van der Waals surface area contributed by atoms with Crippen LogP contribution in [0.25, 0.3) is 16.9 Å². The van der Waals surface area contributed by atoms with Crippen LogP contribution < -0.4 is 9.47 Å². The second kappa shape index (κ2) is 9.32. The zero-order valence-corrected chi connectivity index (χ0v) is 16.9. The zero-order chi connectivity index (χ0) is 19.9. The molecule has 7 heteroatoms. The topological polar surface area (TPSA) is 62.6 Å². The minimum absolute atomic E-state index is 0.178. The predicted octanol–water partition coefficient (Wildman–Crippen LogP) is 4.21. The third-order valence-electron chi connectivity index (χ3n) is 4.01. The molecule has 6 nitrogen and oxygen atoms in total. The summed E-state index contributed by atoms with van der Waals surface area (Å²) >= 11 is 1.33. The Bertz CT molecular complexity index is 941.